The zero-order valence-corrected chi connectivity index (χ0v) is 12.8. The molecule has 2 heterocycles. The zero-order valence-electron chi connectivity index (χ0n) is 12.8. The molecule has 2 atom stereocenters. The number of hydrogen-bond donors (Lipinski definition) is 2. The van der Waals surface area contributed by atoms with Crippen LogP contribution in [-0.2, 0) is 0 Å². The van der Waals surface area contributed by atoms with Gasteiger partial charge in [0.1, 0.15) is 5.82 Å². The van der Waals surface area contributed by atoms with Crippen LogP contribution in [0.25, 0.3) is 11.6 Å². The molecule has 1 aromatic heterocycles. The van der Waals surface area contributed by atoms with Gasteiger partial charge in [-0.1, -0.05) is 18.2 Å². The first-order valence-corrected chi connectivity index (χ1v) is 8.27. The van der Waals surface area contributed by atoms with Gasteiger partial charge < -0.3 is 16.4 Å². The summed E-state index contributed by atoms with van der Waals surface area (Å²) < 4.78 is 0. The summed E-state index contributed by atoms with van der Waals surface area (Å²) in [5.41, 5.74) is 13.4. The van der Waals surface area contributed by atoms with Crippen LogP contribution in [0.4, 0.5) is 11.8 Å². The van der Waals surface area contributed by atoms with Crippen molar-refractivity contribution in [1.82, 2.24) is 9.97 Å². The van der Waals surface area contributed by atoms with Crippen LogP contribution in [0.1, 0.15) is 32.1 Å². The van der Waals surface area contributed by atoms with Gasteiger partial charge in [0.2, 0.25) is 5.95 Å². The van der Waals surface area contributed by atoms with Gasteiger partial charge in [0.25, 0.3) is 0 Å². The molecule has 0 saturated carbocycles. The van der Waals surface area contributed by atoms with E-state index in [9.17, 15) is 0 Å². The highest BCUT2D eigenvalue weighted by atomic mass is 15.2. The third-order valence-corrected chi connectivity index (χ3v) is 5.02. The van der Waals surface area contributed by atoms with Crippen molar-refractivity contribution in [3.63, 3.8) is 0 Å². The standard InChI is InChI=1S/C17H23N5/c18-12-8-9-22(10-12)16-14-7-3-5-11-4-1-2-6-13(11)15(14)20-17(19)21-16/h2,6-7,11-12H,1,3-5,8-10,18H2,(H2,19,20)/t11?,12-/m1/s1. The average Bonchev–Trinajstić information content (AvgIpc) is 2.86. The van der Waals surface area contributed by atoms with Gasteiger partial charge >= 0.3 is 0 Å². The SMILES string of the molecule is Nc1nc(N2CC[C@@H](N)C2)c2c(n1)=C1C=CCCC1CCC=2. The molecule has 1 aliphatic heterocycles. The van der Waals surface area contributed by atoms with E-state index in [1.807, 2.05) is 0 Å². The molecule has 2 aliphatic carbocycles. The van der Waals surface area contributed by atoms with Crippen LogP contribution >= 0.6 is 0 Å². The van der Waals surface area contributed by atoms with Gasteiger partial charge in [-0.05, 0) is 43.6 Å². The van der Waals surface area contributed by atoms with Crippen LogP contribution in [0.5, 0.6) is 0 Å². The molecule has 4 rings (SSSR count). The highest BCUT2D eigenvalue weighted by Crippen LogP contribution is 2.29. The van der Waals surface area contributed by atoms with Crippen LogP contribution in [0, 0.1) is 5.92 Å². The summed E-state index contributed by atoms with van der Waals surface area (Å²) in [7, 11) is 0. The molecule has 0 aromatic carbocycles. The molecule has 5 nitrogen and oxygen atoms in total. The molecule has 0 bridgehead atoms. The third-order valence-electron chi connectivity index (χ3n) is 5.02. The van der Waals surface area contributed by atoms with E-state index in [-0.39, 0.29) is 6.04 Å². The zero-order chi connectivity index (χ0) is 15.1. The maximum Gasteiger partial charge on any atom is 0.222 e. The van der Waals surface area contributed by atoms with Crippen LogP contribution in [0.15, 0.2) is 12.2 Å². The van der Waals surface area contributed by atoms with E-state index in [2.05, 4.69) is 33.1 Å². The summed E-state index contributed by atoms with van der Waals surface area (Å²) in [5.74, 6) is 1.95. The summed E-state index contributed by atoms with van der Waals surface area (Å²) in [6.07, 6.45) is 12.5. The minimum Gasteiger partial charge on any atom is -0.368 e. The van der Waals surface area contributed by atoms with E-state index < -0.39 is 0 Å². The fraction of sp³-hybridized carbons (Fsp3) is 0.529. The molecule has 1 saturated heterocycles. The number of nitrogen functional groups attached to an aromatic ring is 1. The molecular weight excluding hydrogens is 274 g/mol. The van der Waals surface area contributed by atoms with Crippen LogP contribution in [0.2, 0.25) is 0 Å². The van der Waals surface area contributed by atoms with E-state index in [4.69, 9.17) is 11.5 Å². The van der Waals surface area contributed by atoms with E-state index in [0.29, 0.717) is 11.9 Å². The van der Waals surface area contributed by atoms with Gasteiger partial charge in [0.15, 0.2) is 0 Å². The molecule has 116 valence electrons. The van der Waals surface area contributed by atoms with Crippen molar-refractivity contribution >= 4 is 23.4 Å². The topological polar surface area (TPSA) is 81.1 Å². The predicted molar refractivity (Wildman–Crippen MR) is 89.5 cm³/mol. The third kappa shape index (κ3) is 2.29. The van der Waals surface area contributed by atoms with E-state index in [1.54, 1.807) is 0 Å². The summed E-state index contributed by atoms with van der Waals surface area (Å²) in [6.45, 7) is 1.80. The number of fused-ring (bicyclic) bond motifs is 2. The Morgan fingerprint density at radius 2 is 2.00 bits per heavy atom. The second kappa shape index (κ2) is 5.39. The molecule has 5 heteroatoms. The number of nitrogens with two attached hydrogens (primary N) is 2. The van der Waals surface area contributed by atoms with Gasteiger partial charge in [-0.3, -0.25) is 0 Å². The lowest BCUT2D eigenvalue weighted by Gasteiger charge is -2.20. The van der Waals surface area contributed by atoms with Gasteiger partial charge in [0.05, 0.1) is 5.35 Å². The van der Waals surface area contributed by atoms with E-state index >= 15 is 0 Å². The molecule has 1 aromatic rings. The molecule has 1 fully saturated rings. The van der Waals surface area contributed by atoms with Gasteiger partial charge in [0, 0.05) is 24.4 Å². The maximum absolute atomic E-state index is 6.07. The maximum atomic E-state index is 6.07. The molecule has 0 amide bonds. The fourth-order valence-electron chi connectivity index (χ4n) is 3.90. The molecule has 3 aliphatic rings. The lowest BCUT2D eigenvalue weighted by atomic mass is 9.86. The number of nitrogens with zero attached hydrogens (tertiary/aromatic N) is 3. The second-order valence-corrected chi connectivity index (χ2v) is 6.58. The van der Waals surface area contributed by atoms with Gasteiger partial charge in [-0.15, -0.1) is 0 Å². The molecule has 0 spiro atoms. The smallest absolute Gasteiger partial charge is 0.222 e. The van der Waals surface area contributed by atoms with E-state index in [0.717, 1.165) is 48.7 Å². The van der Waals surface area contributed by atoms with Crippen LogP contribution < -0.4 is 26.9 Å². The largest absolute Gasteiger partial charge is 0.368 e. The lowest BCUT2D eigenvalue weighted by Crippen LogP contribution is -2.40. The van der Waals surface area contributed by atoms with Crippen molar-refractivity contribution in [2.45, 2.75) is 38.1 Å². The molecule has 0 radical (unpaired) electrons. The average molecular weight is 297 g/mol. The summed E-state index contributed by atoms with van der Waals surface area (Å²) >= 11 is 0. The quantitative estimate of drug-likeness (QED) is 0.778. The van der Waals surface area contributed by atoms with Crippen molar-refractivity contribution in [2.75, 3.05) is 23.7 Å². The van der Waals surface area contributed by atoms with Crippen molar-refractivity contribution in [3.8, 4) is 0 Å². The lowest BCUT2D eigenvalue weighted by molar-refractivity contribution is 0.569. The monoisotopic (exact) mass is 297 g/mol. The highest BCUT2D eigenvalue weighted by Gasteiger charge is 2.24. The Morgan fingerprint density at radius 3 is 2.82 bits per heavy atom. The van der Waals surface area contributed by atoms with Crippen molar-refractivity contribution < 1.29 is 0 Å². The Bertz CT molecular complexity index is 736. The Hall–Kier alpha value is -1.88. The number of aromatic nitrogens is 2. The van der Waals surface area contributed by atoms with Crippen molar-refractivity contribution in [3.05, 3.63) is 22.7 Å². The van der Waals surface area contributed by atoms with E-state index in [1.165, 1.54) is 18.4 Å². The Morgan fingerprint density at radius 1 is 1.14 bits per heavy atom. The highest BCUT2D eigenvalue weighted by molar-refractivity contribution is 5.63. The summed E-state index contributed by atoms with van der Waals surface area (Å²) in [4.78, 5) is 11.4. The molecule has 4 N–H and O–H groups in total. The van der Waals surface area contributed by atoms with Crippen LogP contribution in [0.3, 0.4) is 0 Å². The Balaban J connectivity index is 1.96. The molecule has 1 unspecified atom stereocenters. The number of rotatable bonds is 1. The normalized spacial score (nSPS) is 27.1. The minimum atomic E-state index is 0.229. The number of allylic oxidation sites excluding steroid dienone is 2. The Kier molecular flexibility index (Phi) is 3.37. The Labute approximate surface area is 130 Å². The first-order valence-electron chi connectivity index (χ1n) is 8.27. The van der Waals surface area contributed by atoms with Crippen LogP contribution in [-0.4, -0.2) is 29.1 Å². The second-order valence-electron chi connectivity index (χ2n) is 6.58. The first kappa shape index (κ1) is 13.8. The van der Waals surface area contributed by atoms with Crippen molar-refractivity contribution in [2.24, 2.45) is 11.7 Å². The van der Waals surface area contributed by atoms with Gasteiger partial charge in [-0.2, -0.15) is 4.98 Å². The summed E-state index contributed by atoms with van der Waals surface area (Å²) in [5, 5.41) is 2.20. The number of anilines is 2. The minimum absolute atomic E-state index is 0.229. The number of hydrogen-bond acceptors (Lipinski definition) is 5. The first-order chi connectivity index (χ1) is 10.7. The predicted octanol–water partition coefficient (Wildman–Crippen LogP) is 0.287. The fourth-order valence-corrected chi connectivity index (χ4v) is 3.90. The van der Waals surface area contributed by atoms with Crippen molar-refractivity contribution in [1.29, 1.82) is 0 Å². The molecule has 22 heavy (non-hydrogen) atoms. The van der Waals surface area contributed by atoms with Gasteiger partial charge in [-0.25, -0.2) is 4.98 Å². The molecular formula is C17H23N5. The summed E-state index contributed by atoms with van der Waals surface area (Å²) in [6, 6.07) is 0.229.